The van der Waals surface area contributed by atoms with Crippen LogP contribution in [0.3, 0.4) is 0 Å². The molecule has 0 radical (unpaired) electrons. The number of amides is 2. The first-order valence-electron chi connectivity index (χ1n) is 10.1. The second-order valence-electron chi connectivity index (χ2n) is 7.67. The van der Waals surface area contributed by atoms with Crippen molar-refractivity contribution in [1.29, 1.82) is 0 Å². The summed E-state index contributed by atoms with van der Waals surface area (Å²) in [6.07, 6.45) is 2.60. The summed E-state index contributed by atoms with van der Waals surface area (Å²) >= 11 is 0. The van der Waals surface area contributed by atoms with E-state index in [1.165, 1.54) is 18.0 Å². The number of nitrogens with zero attached hydrogens (tertiary/aromatic N) is 1. The number of furan rings is 1. The minimum atomic E-state index is -4.42. The lowest BCUT2D eigenvalue weighted by molar-refractivity contribution is -0.141. The summed E-state index contributed by atoms with van der Waals surface area (Å²) in [7, 11) is -2.89. The van der Waals surface area contributed by atoms with E-state index in [4.69, 9.17) is 8.97 Å². The van der Waals surface area contributed by atoms with Gasteiger partial charge in [0, 0.05) is 31.8 Å². The van der Waals surface area contributed by atoms with E-state index in [1.54, 1.807) is 18.4 Å². The molecule has 1 atom stereocenters. The van der Waals surface area contributed by atoms with Gasteiger partial charge in [-0.05, 0) is 41.3 Å². The van der Waals surface area contributed by atoms with E-state index in [0.717, 1.165) is 22.1 Å². The van der Waals surface area contributed by atoms with Gasteiger partial charge in [-0.3, -0.25) is 18.9 Å². The van der Waals surface area contributed by atoms with Gasteiger partial charge in [-0.15, -0.1) is 0 Å². The number of hydrogen-bond acceptors (Lipinski definition) is 5. The average Bonchev–Trinajstić information content (AvgIpc) is 3.18. The molecule has 168 valence electrons. The fraction of sp³-hybridized carbons (Fsp3) is 0.273. The Balaban J connectivity index is 1.55. The van der Waals surface area contributed by atoms with Crippen LogP contribution in [0.4, 0.5) is 5.69 Å². The zero-order valence-corrected chi connectivity index (χ0v) is 18.2. The zero-order valence-electron chi connectivity index (χ0n) is 17.4. The lowest BCUT2D eigenvalue weighted by Crippen LogP contribution is -2.52. The summed E-state index contributed by atoms with van der Waals surface area (Å²) in [5, 5.41) is 3.57. The minimum Gasteiger partial charge on any atom is -0.464 e. The molecule has 2 amide bonds. The van der Waals surface area contributed by atoms with Gasteiger partial charge in [-0.25, -0.2) is 0 Å². The van der Waals surface area contributed by atoms with Gasteiger partial charge >= 0.3 is 10.3 Å². The van der Waals surface area contributed by atoms with Crippen LogP contribution < -0.4 is 10.0 Å². The molecule has 4 rings (SSSR count). The average molecular weight is 458 g/mol. The number of fused-ring (bicyclic) bond motifs is 2. The molecular weight excluding hydrogens is 434 g/mol. The summed E-state index contributed by atoms with van der Waals surface area (Å²) in [5.41, 5.74) is 3.40. The van der Waals surface area contributed by atoms with Crippen LogP contribution in [0.2, 0.25) is 0 Å². The molecule has 0 saturated heterocycles. The van der Waals surface area contributed by atoms with Crippen LogP contribution >= 0.6 is 0 Å². The van der Waals surface area contributed by atoms with E-state index >= 15 is 0 Å². The third-order valence-electron chi connectivity index (χ3n) is 5.62. The Hall–Kier alpha value is -3.37. The van der Waals surface area contributed by atoms with Crippen molar-refractivity contribution in [2.45, 2.75) is 31.8 Å². The first kappa shape index (κ1) is 21.8. The van der Waals surface area contributed by atoms with Gasteiger partial charge in [0.05, 0.1) is 12.0 Å². The molecule has 0 bridgehead atoms. The smallest absolute Gasteiger partial charge is 0.357 e. The lowest BCUT2D eigenvalue weighted by atomic mass is 9.92. The summed E-state index contributed by atoms with van der Waals surface area (Å²) < 4.78 is 38.9. The molecule has 10 heteroatoms. The number of carbonyl (C=O) groups is 2. The zero-order chi connectivity index (χ0) is 22.9. The van der Waals surface area contributed by atoms with Gasteiger partial charge in [0.25, 0.3) is 0 Å². The number of aryl methyl sites for hydroxylation is 1. The van der Waals surface area contributed by atoms with Gasteiger partial charge in [-0.2, -0.15) is 8.42 Å². The van der Waals surface area contributed by atoms with Crippen LogP contribution in [0.1, 0.15) is 23.1 Å². The predicted molar refractivity (Wildman–Crippen MR) is 118 cm³/mol. The van der Waals surface area contributed by atoms with E-state index in [1.807, 2.05) is 29.0 Å². The fourth-order valence-electron chi connectivity index (χ4n) is 4.07. The van der Waals surface area contributed by atoms with Crippen molar-refractivity contribution in [3.05, 3.63) is 65.4 Å². The maximum absolute atomic E-state index is 13.1. The van der Waals surface area contributed by atoms with Gasteiger partial charge in [0.2, 0.25) is 11.8 Å². The first-order valence-corrected chi connectivity index (χ1v) is 11.5. The molecular formula is C22H23N3O6S. The normalized spacial score (nSPS) is 15.9. The van der Waals surface area contributed by atoms with Crippen LogP contribution in [0.5, 0.6) is 0 Å². The predicted octanol–water partition coefficient (Wildman–Crippen LogP) is 2.28. The lowest BCUT2D eigenvalue weighted by Gasteiger charge is -2.36. The molecule has 32 heavy (non-hydrogen) atoms. The highest BCUT2D eigenvalue weighted by Crippen LogP contribution is 2.28. The Kier molecular flexibility index (Phi) is 5.90. The van der Waals surface area contributed by atoms with Gasteiger partial charge in [0.1, 0.15) is 11.6 Å². The second-order valence-corrected chi connectivity index (χ2v) is 8.83. The first-order chi connectivity index (χ1) is 15.2. The summed E-state index contributed by atoms with van der Waals surface area (Å²) in [6.45, 7) is 0.152. The molecule has 1 aliphatic rings. The maximum atomic E-state index is 13.1. The summed E-state index contributed by atoms with van der Waals surface area (Å²) in [4.78, 5) is 27.2. The Morgan fingerprint density at radius 3 is 2.72 bits per heavy atom. The van der Waals surface area contributed by atoms with E-state index in [2.05, 4.69) is 5.32 Å². The van der Waals surface area contributed by atoms with Crippen molar-refractivity contribution < 1.29 is 27.0 Å². The fourth-order valence-corrected chi connectivity index (χ4v) is 4.50. The van der Waals surface area contributed by atoms with Crippen molar-refractivity contribution >= 4 is 38.8 Å². The largest absolute Gasteiger partial charge is 0.464 e. The van der Waals surface area contributed by atoms with E-state index in [0.29, 0.717) is 18.4 Å². The van der Waals surface area contributed by atoms with Crippen molar-refractivity contribution in [3.63, 3.8) is 0 Å². The van der Waals surface area contributed by atoms with E-state index in [-0.39, 0.29) is 30.5 Å². The maximum Gasteiger partial charge on any atom is 0.357 e. The van der Waals surface area contributed by atoms with E-state index in [9.17, 15) is 18.0 Å². The number of benzene rings is 2. The number of likely N-dealkylation sites (N-methyl/N-ethyl adjacent to an activating group) is 1. The topological polar surface area (TPSA) is 129 Å². The number of nitrogens with one attached hydrogen (secondary N) is 2. The third-order valence-corrected chi connectivity index (χ3v) is 6.12. The number of anilines is 1. The number of rotatable bonds is 6. The molecule has 1 aromatic heterocycles. The summed E-state index contributed by atoms with van der Waals surface area (Å²) in [6, 6.07) is 11.7. The number of carbonyl (C=O) groups excluding carboxylic acids is 2. The van der Waals surface area contributed by atoms with Crippen LogP contribution in [0, 0.1) is 0 Å². The van der Waals surface area contributed by atoms with E-state index < -0.39 is 16.3 Å². The third kappa shape index (κ3) is 4.61. The quantitative estimate of drug-likeness (QED) is 0.487. The highest BCUT2D eigenvalue weighted by Gasteiger charge is 2.34. The molecule has 0 unspecified atom stereocenters. The molecule has 2 aromatic carbocycles. The van der Waals surface area contributed by atoms with Crippen molar-refractivity contribution in [3.8, 4) is 0 Å². The second kappa shape index (κ2) is 8.64. The monoisotopic (exact) mass is 457 g/mol. The van der Waals surface area contributed by atoms with Gasteiger partial charge < -0.3 is 14.6 Å². The van der Waals surface area contributed by atoms with Crippen LogP contribution in [0.15, 0.2) is 53.1 Å². The molecule has 9 nitrogen and oxygen atoms in total. The molecule has 3 N–H and O–H groups in total. The molecule has 3 aromatic rings. The van der Waals surface area contributed by atoms with Gasteiger partial charge in [0.15, 0.2) is 0 Å². The van der Waals surface area contributed by atoms with Crippen LogP contribution in [-0.4, -0.2) is 42.8 Å². The molecule has 0 fully saturated rings. The molecule has 0 aliphatic carbocycles. The number of hydrogen-bond donors (Lipinski definition) is 3. The SMILES string of the molecule is CNC(=O)[C@@H]1Cc2ccc(NS(=O)(=O)O)cc2CN1C(=O)CCc1coc2ccccc12. The van der Waals surface area contributed by atoms with Crippen molar-refractivity contribution in [1.82, 2.24) is 10.2 Å². The van der Waals surface area contributed by atoms with Gasteiger partial charge in [-0.1, -0.05) is 24.3 Å². The molecule has 0 spiro atoms. The Morgan fingerprint density at radius 2 is 1.97 bits per heavy atom. The van der Waals surface area contributed by atoms with Crippen LogP contribution in [-0.2, 0) is 39.3 Å². The highest BCUT2D eigenvalue weighted by atomic mass is 32.2. The highest BCUT2D eigenvalue weighted by molar-refractivity contribution is 7.87. The molecule has 1 aliphatic heterocycles. The Morgan fingerprint density at radius 1 is 1.19 bits per heavy atom. The van der Waals surface area contributed by atoms with Crippen molar-refractivity contribution in [2.24, 2.45) is 0 Å². The minimum absolute atomic E-state index is 0.152. The number of para-hydroxylation sites is 1. The van der Waals surface area contributed by atoms with Crippen molar-refractivity contribution in [2.75, 3.05) is 11.8 Å². The summed E-state index contributed by atoms with van der Waals surface area (Å²) in [5.74, 6) is -0.458. The van der Waals surface area contributed by atoms with Crippen LogP contribution in [0.25, 0.3) is 11.0 Å². The standard InChI is InChI=1S/C22H23N3O6S/c1-23-22(27)19-11-14-6-8-17(24-32(28,29)30)10-16(14)12-25(19)21(26)9-7-15-13-31-20-5-3-2-4-18(15)20/h2-6,8,10,13,19,24H,7,9,11-12H2,1H3,(H,23,27)(H,28,29,30)/t19-/m0/s1. The molecule has 2 heterocycles. The Bertz CT molecular complexity index is 1280. The Labute approximate surface area is 185 Å². The molecule has 0 saturated carbocycles.